The number of amides is 1. The van der Waals surface area contributed by atoms with E-state index in [0.717, 1.165) is 19.3 Å². The maximum Gasteiger partial charge on any atom is 0.329 e. The second-order valence-corrected chi connectivity index (χ2v) is 5.32. The average Bonchev–Trinajstić information content (AvgIpc) is 2.41. The number of carbonyl (C=O) groups is 2. The first-order valence-electron chi connectivity index (χ1n) is 6.70. The summed E-state index contributed by atoms with van der Waals surface area (Å²) in [5.41, 5.74) is -1.45. The molecule has 1 aliphatic rings. The Labute approximate surface area is 116 Å². The molecule has 1 amide bonds. The third kappa shape index (κ3) is 2.59. The van der Waals surface area contributed by atoms with Crippen LogP contribution >= 0.6 is 0 Å². The van der Waals surface area contributed by atoms with Gasteiger partial charge in [-0.1, -0.05) is 19.8 Å². The zero-order valence-corrected chi connectivity index (χ0v) is 11.3. The minimum absolute atomic E-state index is 0.139. The monoisotopic (exact) mass is 278 g/mol. The number of nitrogens with one attached hydrogen (secondary N) is 2. The Balaban J connectivity index is 2.27. The molecule has 108 valence electrons. The van der Waals surface area contributed by atoms with Crippen LogP contribution in [0.2, 0.25) is 0 Å². The van der Waals surface area contributed by atoms with Crippen LogP contribution in [0, 0.1) is 5.92 Å². The first kappa shape index (κ1) is 14.3. The Morgan fingerprint density at radius 2 is 2.20 bits per heavy atom. The molecule has 2 atom stereocenters. The number of rotatable bonds is 3. The van der Waals surface area contributed by atoms with Crippen LogP contribution in [0.1, 0.15) is 43.0 Å². The Morgan fingerprint density at radius 3 is 2.80 bits per heavy atom. The minimum atomic E-state index is -1.24. The van der Waals surface area contributed by atoms with Gasteiger partial charge in [0.25, 0.3) is 5.91 Å². The van der Waals surface area contributed by atoms with Crippen LogP contribution in [0.25, 0.3) is 0 Å². The lowest BCUT2D eigenvalue weighted by molar-refractivity contribution is -0.148. The Hall–Kier alpha value is -2.11. The van der Waals surface area contributed by atoms with Crippen molar-refractivity contribution in [1.82, 2.24) is 10.3 Å². The molecule has 2 unspecified atom stereocenters. The highest BCUT2D eigenvalue weighted by Crippen LogP contribution is 2.34. The highest BCUT2D eigenvalue weighted by Gasteiger charge is 2.46. The third-order valence-corrected chi connectivity index (χ3v) is 4.06. The molecule has 1 saturated carbocycles. The van der Waals surface area contributed by atoms with E-state index in [9.17, 15) is 19.5 Å². The van der Waals surface area contributed by atoms with Crippen molar-refractivity contribution >= 4 is 11.9 Å². The second kappa shape index (κ2) is 5.48. The van der Waals surface area contributed by atoms with Crippen molar-refractivity contribution in [1.29, 1.82) is 0 Å². The van der Waals surface area contributed by atoms with E-state index in [1.165, 1.54) is 18.3 Å². The Bertz CT molecular complexity index is 581. The molecule has 6 heteroatoms. The van der Waals surface area contributed by atoms with Gasteiger partial charge in [0.05, 0.1) is 0 Å². The SMILES string of the molecule is CC1CCCCC1(NC(=O)c1cc[nH]c(=O)c1)C(=O)O. The zero-order valence-electron chi connectivity index (χ0n) is 11.3. The normalized spacial score (nSPS) is 25.9. The van der Waals surface area contributed by atoms with Crippen LogP contribution in [0.15, 0.2) is 23.1 Å². The second-order valence-electron chi connectivity index (χ2n) is 5.32. The molecule has 1 fully saturated rings. The standard InChI is InChI=1S/C14H18N2O4/c1-9-4-2-3-6-14(9,13(19)20)16-12(18)10-5-7-15-11(17)8-10/h5,7-9H,2-4,6H2,1H3,(H,15,17)(H,16,18)(H,19,20). The van der Waals surface area contributed by atoms with Crippen LogP contribution in [-0.2, 0) is 4.79 Å². The summed E-state index contributed by atoms with van der Waals surface area (Å²) in [7, 11) is 0. The molecule has 0 aromatic carbocycles. The van der Waals surface area contributed by atoms with E-state index in [4.69, 9.17) is 0 Å². The van der Waals surface area contributed by atoms with Gasteiger partial charge in [0.15, 0.2) is 0 Å². The number of carbonyl (C=O) groups excluding carboxylic acids is 1. The van der Waals surface area contributed by atoms with Gasteiger partial charge in [-0.2, -0.15) is 0 Å². The molecule has 0 radical (unpaired) electrons. The van der Waals surface area contributed by atoms with E-state index < -0.39 is 23.0 Å². The molecule has 1 aliphatic carbocycles. The summed E-state index contributed by atoms with van der Waals surface area (Å²) in [5, 5.41) is 12.2. The van der Waals surface area contributed by atoms with E-state index in [1.807, 2.05) is 6.92 Å². The molecule has 0 saturated heterocycles. The van der Waals surface area contributed by atoms with Gasteiger partial charge in [0.1, 0.15) is 5.54 Å². The molecule has 0 spiro atoms. The van der Waals surface area contributed by atoms with Gasteiger partial charge in [0.2, 0.25) is 5.56 Å². The Kier molecular flexibility index (Phi) is 3.92. The molecule has 20 heavy (non-hydrogen) atoms. The summed E-state index contributed by atoms with van der Waals surface area (Å²) in [6.45, 7) is 1.84. The van der Waals surface area contributed by atoms with Crippen molar-refractivity contribution < 1.29 is 14.7 Å². The number of pyridine rings is 1. The van der Waals surface area contributed by atoms with E-state index in [0.29, 0.717) is 6.42 Å². The van der Waals surface area contributed by atoms with Crippen LogP contribution in [0.3, 0.4) is 0 Å². The number of carboxylic acids is 1. The fourth-order valence-corrected chi connectivity index (χ4v) is 2.76. The zero-order chi connectivity index (χ0) is 14.8. The van der Waals surface area contributed by atoms with Crippen molar-refractivity contribution in [3.63, 3.8) is 0 Å². The average molecular weight is 278 g/mol. The van der Waals surface area contributed by atoms with Crippen molar-refractivity contribution in [3.8, 4) is 0 Å². The van der Waals surface area contributed by atoms with E-state index in [-0.39, 0.29) is 11.5 Å². The van der Waals surface area contributed by atoms with Crippen molar-refractivity contribution in [2.75, 3.05) is 0 Å². The number of hydrogen-bond acceptors (Lipinski definition) is 3. The number of aromatic amines is 1. The van der Waals surface area contributed by atoms with Crippen LogP contribution in [0.5, 0.6) is 0 Å². The lowest BCUT2D eigenvalue weighted by Gasteiger charge is -2.39. The van der Waals surface area contributed by atoms with Crippen LogP contribution < -0.4 is 10.9 Å². The van der Waals surface area contributed by atoms with Gasteiger partial charge >= 0.3 is 5.97 Å². The van der Waals surface area contributed by atoms with E-state index >= 15 is 0 Å². The fraction of sp³-hybridized carbons (Fsp3) is 0.500. The first-order valence-corrected chi connectivity index (χ1v) is 6.70. The van der Waals surface area contributed by atoms with Gasteiger partial charge in [-0.05, 0) is 24.8 Å². The maximum atomic E-state index is 12.2. The van der Waals surface area contributed by atoms with Gasteiger partial charge in [0, 0.05) is 17.8 Å². The third-order valence-electron chi connectivity index (χ3n) is 4.06. The molecule has 1 heterocycles. The van der Waals surface area contributed by atoms with Crippen molar-refractivity contribution in [2.24, 2.45) is 5.92 Å². The van der Waals surface area contributed by atoms with Gasteiger partial charge in [-0.15, -0.1) is 0 Å². The fourth-order valence-electron chi connectivity index (χ4n) is 2.76. The van der Waals surface area contributed by atoms with Crippen LogP contribution in [0.4, 0.5) is 0 Å². The van der Waals surface area contributed by atoms with Crippen LogP contribution in [-0.4, -0.2) is 27.5 Å². The number of aliphatic carboxylic acids is 1. The summed E-state index contributed by atoms with van der Waals surface area (Å²) in [5.74, 6) is -1.67. The largest absolute Gasteiger partial charge is 0.479 e. The van der Waals surface area contributed by atoms with Gasteiger partial charge < -0.3 is 15.4 Å². The van der Waals surface area contributed by atoms with E-state index in [2.05, 4.69) is 10.3 Å². The molecule has 0 aliphatic heterocycles. The topological polar surface area (TPSA) is 99.3 Å². The molecule has 1 aromatic heterocycles. The predicted octanol–water partition coefficient (Wildman–Crippen LogP) is 1.14. The predicted molar refractivity (Wildman–Crippen MR) is 72.5 cm³/mol. The molecular weight excluding hydrogens is 260 g/mol. The number of H-pyrrole nitrogens is 1. The molecular formula is C14H18N2O4. The number of hydrogen-bond donors (Lipinski definition) is 3. The molecule has 0 bridgehead atoms. The van der Waals surface area contributed by atoms with Crippen molar-refractivity contribution in [3.05, 3.63) is 34.2 Å². The highest BCUT2D eigenvalue weighted by atomic mass is 16.4. The summed E-state index contributed by atoms with van der Waals surface area (Å²) in [6.07, 6.45) is 4.29. The van der Waals surface area contributed by atoms with Crippen molar-refractivity contribution in [2.45, 2.75) is 38.1 Å². The first-order chi connectivity index (χ1) is 9.45. The minimum Gasteiger partial charge on any atom is -0.479 e. The lowest BCUT2D eigenvalue weighted by Crippen LogP contribution is -2.60. The molecule has 2 rings (SSSR count). The number of aromatic nitrogens is 1. The summed E-state index contributed by atoms with van der Waals surface area (Å²) in [4.78, 5) is 37.5. The number of carboxylic acid groups (broad SMARTS) is 1. The Morgan fingerprint density at radius 1 is 1.45 bits per heavy atom. The van der Waals surface area contributed by atoms with E-state index in [1.54, 1.807) is 0 Å². The maximum absolute atomic E-state index is 12.2. The molecule has 6 nitrogen and oxygen atoms in total. The summed E-state index contributed by atoms with van der Waals surface area (Å²) < 4.78 is 0. The smallest absolute Gasteiger partial charge is 0.329 e. The highest BCUT2D eigenvalue weighted by molar-refractivity contribution is 5.97. The lowest BCUT2D eigenvalue weighted by atomic mass is 9.73. The summed E-state index contributed by atoms with van der Waals surface area (Å²) in [6, 6.07) is 2.62. The summed E-state index contributed by atoms with van der Waals surface area (Å²) >= 11 is 0. The van der Waals surface area contributed by atoms with Gasteiger partial charge in [-0.3, -0.25) is 9.59 Å². The molecule has 1 aromatic rings. The quantitative estimate of drug-likeness (QED) is 0.772. The molecule has 3 N–H and O–H groups in total. The van der Waals surface area contributed by atoms with Gasteiger partial charge in [-0.25, -0.2) is 4.79 Å².